The Morgan fingerprint density at radius 2 is 1.73 bits per heavy atom. The molecule has 0 fully saturated rings. The van der Waals surface area contributed by atoms with Crippen LogP contribution in [0.3, 0.4) is 0 Å². The number of ether oxygens (including phenoxy) is 1. The summed E-state index contributed by atoms with van der Waals surface area (Å²) in [6.07, 6.45) is 0.973. The second kappa shape index (κ2) is 7.30. The molecule has 0 spiro atoms. The molecule has 0 aliphatic heterocycles. The van der Waals surface area contributed by atoms with E-state index in [1.807, 2.05) is 19.1 Å². The first-order chi connectivity index (χ1) is 14.3. The second-order valence-electron chi connectivity index (χ2n) is 6.86. The minimum Gasteiger partial charge on any atom is -0.423 e. The van der Waals surface area contributed by atoms with Crippen molar-refractivity contribution in [3.63, 3.8) is 0 Å². The predicted molar refractivity (Wildman–Crippen MR) is 100 cm³/mol. The molecule has 0 heterocycles. The standard InChI is InChI=1S/C23H13F4NO2/c1-2-11-3-4-14-12(5-11)6-16-15(14)9-20(26)21(22(16)27)23(29)30-13-7-18(24)17(10-28)19(25)8-13/h3-5,7-9H,2,6H2,1H3. The van der Waals surface area contributed by atoms with E-state index in [1.165, 1.54) is 6.07 Å². The van der Waals surface area contributed by atoms with Gasteiger partial charge < -0.3 is 4.74 Å². The van der Waals surface area contributed by atoms with Crippen LogP contribution in [0.15, 0.2) is 36.4 Å². The van der Waals surface area contributed by atoms with Gasteiger partial charge >= 0.3 is 5.97 Å². The summed E-state index contributed by atoms with van der Waals surface area (Å²) in [6.45, 7) is 1.98. The van der Waals surface area contributed by atoms with Crippen LogP contribution < -0.4 is 4.74 Å². The van der Waals surface area contributed by atoms with Crippen molar-refractivity contribution in [1.29, 1.82) is 5.26 Å². The lowest BCUT2D eigenvalue weighted by Gasteiger charge is -2.10. The van der Waals surface area contributed by atoms with E-state index in [0.29, 0.717) is 23.3 Å². The van der Waals surface area contributed by atoms with E-state index < -0.39 is 46.1 Å². The number of rotatable bonds is 3. The maximum Gasteiger partial charge on any atom is 0.349 e. The Balaban J connectivity index is 1.71. The number of nitrogens with zero attached hydrogens (tertiary/aromatic N) is 1. The molecule has 1 aliphatic rings. The maximum atomic E-state index is 15.1. The fraction of sp³-hybridized carbons (Fsp3) is 0.130. The molecular weight excluding hydrogens is 398 g/mol. The van der Waals surface area contributed by atoms with E-state index in [-0.39, 0.29) is 12.0 Å². The van der Waals surface area contributed by atoms with Gasteiger partial charge in [0.15, 0.2) is 0 Å². The molecule has 0 aromatic heterocycles. The van der Waals surface area contributed by atoms with Crippen LogP contribution in [0.2, 0.25) is 0 Å². The minimum absolute atomic E-state index is 0.156. The number of halogens is 4. The number of carbonyl (C=O) groups excluding carboxylic acids is 1. The zero-order valence-electron chi connectivity index (χ0n) is 15.7. The maximum absolute atomic E-state index is 15.1. The molecule has 1 aliphatic carbocycles. The van der Waals surface area contributed by atoms with Crippen LogP contribution in [-0.2, 0) is 12.8 Å². The Morgan fingerprint density at radius 3 is 2.37 bits per heavy atom. The Morgan fingerprint density at radius 1 is 1.03 bits per heavy atom. The number of esters is 1. The zero-order valence-corrected chi connectivity index (χ0v) is 15.7. The van der Waals surface area contributed by atoms with Crippen LogP contribution in [-0.4, -0.2) is 5.97 Å². The van der Waals surface area contributed by atoms with Gasteiger partial charge in [-0.2, -0.15) is 5.26 Å². The molecule has 0 atom stereocenters. The number of fused-ring (bicyclic) bond motifs is 3. The Labute approximate surface area is 169 Å². The summed E-state index contributed by atoms with van der Waals surface area (Å²) in [6, 6.07) is 9.17. The third kappa shape index (κ3) is 3.11. The molecule has 0 saturated heterocycles. The van der Waals surface area contributed by atoms with Crippen molar-refractivity contribution in [2.24, 2.45) is 0 Å². The Bertz CT molecular complexity index is 1240. The monoisotopic (exact) mass is 411 g/mol. The van der Waals surface area contributed by atoms with E-state index in [2.05, 4.69) is 0 Å². The summed E-state index contributed by atoms with van der Waals surface area (Å²) in [5, 5.41) is 8.68. The summed E-state index contributed by atoms with van der Waals surface area (Å²) in [4.78, 5) is 12.4. The van der Waals surface area contributed by atoms with Crippen LogP contribution in [0.5, 0.6) is 5.75 Å². The normalized spacial score (nSPS) is 11.6. The highest BCUT2D eigenvalue weighted by molar-refractivity contribution is 5.94. The Kier molecular flexibility index (Phi) is 4.78. The number of hydrogen-bond donors (Lipinski definition) is 0. The Hall–Kier alpha value is -3.66. The summed E-state index contributed by atoms with van der Waals surface area (Å²) >= 11 is 0. The molecule has 0 N–H and O–H groups in total. The van der Waals surface area contributed by atoms with E-state index >= 15 is 4.39 Å². The first-order valence-corrected chi connectivity index (χ1v) is 9.08. The molecule has 3 aromatic rings. The SMILES string of the molecule is CCc1ccc2c(c1)Cc1c-2cc(F)c(C(=O)Oc2cc(F)c(C#N)c(F)c2)c1F. The lowest BCUT2D eigenvalue weighted by Crippen LogP contribution is -2.15. The number of carbonyl (C=O) groups is 1. The van der Waals surface area contributed by atoms with Gasteiger partial charge in [0.25, 0.3) is 0 Å². The van der Waals surface area contributed by atoms with Gasteiger partial charge in [0.1, 0.15) is 46.2 Å². The largest absolute Gasteiger partial charge is 0.423 e. The van der Waals surface area contributed by atoms with Crippen LogP contribution in [0.25, 0.3) is 11.1 Å². The summed E-state index contributed by atoms with van der Waals surface area (Å²) in [5.41, 5.74) is 1.28. The van der Waals surface area contributed by atoms with Gasteiger partial charge in [-0.3, -0.25) is 0 Å². The zero-order chi connectivity index (χ0) is 21.6. The quantitative estimate of drug-likeness (QED) is 0.255. The van der Waals surface area contributed by atoms with Crippen molar-refractivity contribution >= 4 is 5.97 Å². The van der Waals surface area contributed by atoms with Crippen molar-refractivity contribution < 1.29 is 27.1 Å². The molecule has 30 heavy (non-hydrogen) atoms. The smallest absolute Gasteiger partial charge is 0.349 e. The second-order valence-corrected chi connectivity index (χ2v) is 6.86. The third-order valence-corrected chi connectivity index (χ3v) is 5.10. The van der Waals surface area contributed by atoms with E-state index in [4.69, 9.17) is 10.00 Å². The molecule has 3 aromatic carbocycles. The number of benzene rings is 3. The molecule has 150 valence electrons. The van der Waals surface area contributed by atoms with Crippen molar-refractivity contribution in [3.8, 4) is 22.9 Å². The molecule has 3 nitrogen and oxygen atoms in total. The number of nitriles is 1. The van der Waals surface area contributed by atoms with Crippen LogP contribution >= 0.6 is 0 Å². The third-order valence-electron chi connectivity index (χ3n) is 5.10. The predicted octanol–water partition coefficient (Wildman–Crippen LogP) is 5.47. The number of aryl methyl sites for hydroxylation is 1. The fourth-order valence-corrected chi connectivity index (χ4v) is 3.60. The lowest BCUT2D eigenvalue weighted by atomic mass is 10.0. The summed E-state index contributed by atoms with van der Waals surface area (Å²) < 4.78 is 61.9. The van der Waals surface area contributed by atoms with Gasteiger partial charge in [0.05, 0.1) is 0 Å². The molecule has 4 rings (SSSR count). The van der Waals surface area contributed by atoms with E-state index in [9.17, 15) is 18.0 Å². The first-order valence-electron chi connectivity index (χ1n) is 9.08. The molecule has 0 bridgehead atoms. The van der Waals surface area contributed by atoms with Crippen molar-refractivity contribution in [2.45, 2.75) is 19.8 Å². The van der Waals surface area contributed by atoms with Crippen LogP contribution in [0, 0.1) is 34.6 Å². The topological polar surface area (TPSA) is 50.1 Å². The van der Waals surface area contributed by atoms with Crippen molar-refractivity contribution in [3.05, 3.63) is 87.5 Å². The molecule has 0 amide bonds. The average Bonchev–Trinajstić information content (AvgIpc) is 3.05. The highest BCUT2D eigenvalue weighted by Crippen LogP contribution is 2.40. The van der Waals surface area contributed by atoms with Gasteiger partial charge in [-0.1, -0.05) is 25.1 Å². The first kappa shape index (κ1) is 19.6. The minimum atomic E-state index is -1.43. The van der Waals surface area contributed by atoms with Gasteiger partial charge in [-0.15, -0.1) is 0 Å². The van der Waals surface area contributed by atoms with Crippen molar-refractivity contribution in [2.75, 3.05) is 0 Å². The van der Waals surface area contributed by atoms with Gasteiger partial charge in [-0.05, 0) is 34.7 Å². The molecule has 0 saturated carbocycles. The van der Waals surface area contributed by atoms with Gasteiger partial charge in [0.2, 0.25) is 0 Å². The highest BCUT2D eigenvalue weighted by atomic mass is 19.1. The van der Waals surface area contributed by atoms with E-state index in [0.717, 1.165) is 23.6 Å². The molecule has 0 radical (unpaired) electrons. The van der Waals surface area contributed by atoms with Crippen LogP contribution in [0.1, 0.15) is 39.5 Å². The molecule has 7 heteroatoms. The van der Waals surface area contributed by atoms with E-state index in [1.54, 1.807) is 6.07 Å². The molecule has 0 unspecified atom stereocenters. The molecular formula is C23H13F4NO2. The number of hydrogen-bond acceptors (Lipinski definition) is 3. The summed E-state index contributed by atoms with van der Waals surface area (Å²) in [7, 11) is 0. The van der Waals surface area contributed by atoms with Crippen LogP contribution in [0.4, 0.5) is 17.6 Å². The average molecular weight is 411 g/mol. The fourth-order valence-electron chi connectivity index (χ4n) is 3.60. The van der Waals surface area contributed by atoms with Gasteiger partial charge in [-0.25, -0.2) is 22.4 Å². The van der Waals surface area contributed by atoms with Crippen molar-refractivity contribution in [1.82, 2.24) is 0 Å². The summed E-state index contributed by atoms with van der Waals surface area (Å²) in [5.74, 6) is -6.75. The lowest BCUT2D eigenvalue weighted by molar-refractivity contribution is 0.0723. The highest BCUT2D eigenvalue weighted by Gasteiger charge is 2.30. The van der Waals surface area contributed by atoms with Gasteiger partial charge in [0, 0.05) is 24.1 Å².